The fourth-order valence-corrected chi connectivity index (χ4v) is 1.60. The molecule has 0 heterocycles. The highest BCUT2D eigenvalue weighted by molar-refractivity contribution is 5.86. The van der Waals surface area contributed by atoms with Crippen LogP contribution in [0.1, 0.15) is 46.0 Å². The molecule has 0 aliphatic rings. The van der Waals surface area contributed by atoms with Gasteiger partial charge in [0.05, 0.1) is 0 Å². The molecule has 0 saturated heterocycles. The maximum absolute atomic E-state index is 11.5. The molecule has 5 nitrogen and oxygen atoms in total. The summed E-state index contributed by atoms with van der Waals surface area (Å²) in [6.07, 6.45) is 4.28. The van der Waals surface area contributed by atoms with Gasteiger partial charge in [-0.05, 0) is 26.2 Å². The molecule has 0 aliphatic carbocycles. The number of hydrogen-bond acceptors (Lipinski definition) is 3. The van der Waals surface area contributed by atoms with Gasteiger partial charge in [0.15, 0.2) is 0 Å². The zero-order chi connectivity index (χ0) is 13.3. The van der Waals surface area contributed by atoms with Crippen LogP contribution in [0, 0.1) is 5.41 Å². The van der Waals surface area contributed by atoms with E-state index in [1.165, 1.54) is 6.92 Å². The minimum Gasteiger partial charge on any atom is -0.357 e. The molecule has 0 bridgehead atoms. The quantitative estimate of drug-likeness (QED) is 0.441. The van der Waals surface area contributed by atoms with E-state index in [9.17, 15) is 9.59 Å². The second-order valence-corrected chi connectivity index (χ2v) is 4.25. The molecule has 3 N–H and O–H groups in total. The third kappa shape index (κ3) is 8.42. The molecule has 5 heteroatoms. The molecule has 0 spiro atoms. The van der Waals surface area contributed by atoms with E-state index in [-0.39, 0.29) is 11.8 Å². The number of amides is 2. The maximum atomic E-state index is 11.5. The second kappa shape index (κ2) is 8.73. The SMILES string of the molecule is CNC(=O)[C@H](CCCCCC(C)=N)NC(C)=O. The van der Waals surface area contributed by atoms with Crippen molar-refractivity contribution in [1.29, 1.82) is 5.41 Å². The van der Waals surface area contributed by atoms with Crippen LogP contribution in [-0.4, -0.2) is 30.6 Å². The van der Waals surface area contributed by atoms with Crippen LogP contribution in [0.5, 0.6) is 0 Å². The number of hydrogen-bond donors (Lipinski definition) is 3. The lowest BCUT2D eigenvalue weighted by Gasteiger charge is -2.15. The molecule has 0 fully saturated rings. The summed E-state index contributed by atoms with van der Waals surface area (Å²) < 4.78 is 0. The lowest BCUT2D eigenvalue weighted by Crippen LogP contribution is -2.44. The molecule has 0 rings (SSSR count). The molecule has 0 unspecified atom stereocenters. The van der Waals surface area contributed by atoms with Crippen LogP contribution in [0.3, 0.4) is 0 Å². The van der Waals surface area contributed by atoms with Gasteiger partial charge in [0.1, 0.15) is 6.04 Å². The van der Waals surface area contributed by atoms with E-state index >= 15 is 0 Å². The average Bonchev–Trinajstić information content (AvgIpc) is 2.25. The summed E-state index contributed by atoms with van der Waals surface area (Å²) in [6.45, 7) is 3.21. The van der Waals surface area contributed by atoms with Crippen LogP contribution in [0.4, 0.5) is 0 Å². The fourth-order valence-electron chi connectivity index (χ4n) is 1.60. The van der Waals surface area contributed by atoms with E-state index in [0.717, 1.165) is 25.7 Å². The smallest absolute Gasteiger partial charge is 0.242 e. The normalized spacial score (nSPS) is 11.7. The highest BCUT2D eigenvalue weighted by atomic mass is 16.2. The van der Waals surface area contributed by atoms with Gasteiger partial charge < -0.3 is 16.0 Å². The van der Waals surface area contributed by atoms with Crippen molar-refractivity contribution in [2.75, 3.05) is 7.05 Å². The van der Waals surface area contributed by atoms with Gasteiger partial charge in [-0.25, -0.2) is 0 Å². The van der Waals surface area contributed by atoms with Crippen LogP contribution in [0.25, 0.3) is 0 Å². The Morgan fingerprint density at radius 3 is 2.29 bits per heavy atom. The van der Waals surface area contributed by atoms with Crippen molar-refractivity contribution in [2.45, 2.75) is 52.0 Å². The minimum atomic E-state index is -0.432. The van der Waals surface area contributed by atoms with E-state index in [1.54, 1.807) is 14.0 Å². The lowest BCUT2D eigenvalue weighted by molar-refractivity contribution is -0.127. The summed E-state index contributed by atoms with van der Waals surface area (Å²) >= 11 is 0. The number of carbonyl (C=O) groups excluding carboxylic acids is 2. The molecule has 17 heavy (non-hydrogen) atoms. The van der Waals surface area contributed by atoms with E-state index in [4.69, 9.17) is 5.41 Å². The van der Waals surface area contributed by atoms with Gasteiger partial charge in [-0.1, -0.05) is 12.8 Å². The Morgan fingerprint density at radius 2 is 1.82 bits per heavy atom. The van der Waals surface area contributed by atoms with Crippen LogP contribution in [-0.2, 0) is 9.59 Å². The summed E-state index contributed by atoms with van der Waals surface area (Å²) in [5.41, 5.74) is 0.690. The highest BCUT2D eigenvalue weighted by Gasteiger charge is 2.16. The van der Waals surface area contributed by atoms with Crippen LogP contribution < -0.4 is 10.6 Å². The van der Waals surface area contributed by atoms with Crippen molar-refractivity contribution in [3.8, 4) is 0 Å². The van der Waals surface area contributed by atoms with Gasteiger partial charge in [0.2, 0.25) is 11.8 Å². The molecular weight excluding hydrogens is 218 g/mol. The summed E-state index contributed by atoms with van der Waals surface area (Å²) in [5.74, 6) is -0.336. The first kappa shape index (κ1) is 15.6. The molecule has 0 aliphatic heterocycles. The zero-order valence-electron chi connectivity index (χ0n) is 10.9. The molecule has 0 saturated carbocycles. The third-order valence-corrected chi connectivity index (χ3v) is 2.48. The summed E-state index contributed by atoms with van der Waals surface area (Å²) in [4.78, 5) is 22.4. The highest BCUT2D eigenvalue weighted by Crippen LogP contribution is 2.06. The van der Waals surface area contributed by atoms with Gasteiger partial charge in [-0.2, -0.15) is 0 Å². The van der Waals surface area contributed by atoms with Gasteiger partial charge in [0.25, 0.3) is 0 Å². The number of unbranched alkanes of at least 4 members (excludes halogenated alkanes) is 2. The Kier molecular flexibility index (Phi) is 8.01. The Balaban J connectivity index is 3.87. The van der Waals surface area contributed by atoms with Crippen molar-refractivity contribution >= 4 is 17.5 Å². The van der Waals surface area contributed by atoms with Crippen molar-refractivity contribution in [2.24, 2.45) is 0 Å². The van der Waals surface area contributed by atoms with E-state index in [1.807, 2.05) is 0 Å². The molecule has 0 aromatic rings. The molecular formula is C12H23N3O2. The zero-order valence-corrected chi connectivity index (χ0v) is 10.9. The largest absolute Gasteiger partial charge is 0.357 e. The van der Waals surface area contributed by atoms with Crippen molar-refractivity contribution < 1.29 is 9.59 Å². The Labute approximate surface area is 103 Å². The number of carbonyl (C=O) groups is 2. The van der Waals surface area contributed by atoms with Crippen molar-refractivity contribution in [3.63, 3.8) is 0 Å². The molecule has 0 aromatic carbocycles. The first-order valence-electron chi connectivity index (χ1n) is 6.00. The van der Waals surface area contributed by atoms with Crippen LogP contribution >= 0.6 is 0 Å². The topological polar surface area (TPSA) is 82.1 Å². The lowest BCUT2D eigenvalue weighted by atomic mass is 10.1. The molecule has 98 valence electrons. The van der Waals surface area contributed by atoms with E-state index in [0.29, 0.717) is 12.1 Å². The maximum Gasteiger partial charge on any atom is 0.242 e. The number of rotatable bonds is 8. The van der Waals surface area contributed by atoms with Crippen LogP contribution in [0.15, 0.2) is 0 Å². The second-order valence-electron chi connectivity index (χ2n) is 4.25. The minimum absolute atomic E-state index is 0.150. The van der Waals surface area contributed by atoms with E-state index in [2.05, 4.69) is 10.6 Å². The average molecular weight is 241 g/mol. The predicted molar refractivity (Wildman–Crippen MR) is 68.2 cm³/mol. The third-order valence-electron chi connectivity index (χ3n) is 2.48. The van der Waals surface area contributed by atoms with Crippen molar-refractivity contribution in [1.82, 2.24) is 10.6 Å². The van der Waals surface area contributed by atoms with Crippen LogP contribution in [0.2, 0.25) is 0 Å². The van der Waals surface area contributed by atoms with Gasteiger partial charge in [-0.3, -0.25) is 9.59 Å². The summed E-state index contributed by atoms with van der Waals surface area (Å²) in [7, 11) is 1.57. The van der Waals surface area contributed by atoms with Gasteiger partial charge in [0, 0.05) is 19.7 Å². The van der Waals surface area contributed by atoms with E-state index < -0.39 is 6.04 Å². The van der Waals surface area contributed by atoms with Gasteiger partial charge in [-0.15, -0.1) is 0 Å². The summed E-state index contributed by atoms with van der Waals surface area (Å²) in [5, 5.41) is 12.5. The molecule has 0 aromatic heterocycles. The first-order valence-corrected chi connectivity index (χ1v) is 6.00. The number of likely N-dealkylation sites (N-methyl/N-ethyl adjacent to an activating group) is 1. The Bertz CT molecular complexity index is 277. The fraction of sp³-hybridized carbons (Fsp3) is 0.750. The Hall–Kier alpha value is -1.39. The molecule has 2 amide bonds. The predicted octanol–water partition coefficient (Wildman–Crippen LogP) is 1.23. The Morgan fingerprint density at radius 1 is 1.18 bits per heavy atom. The van der Waals surface area contributed by atoms with Crippen molar-refractivity contribution in [3.05, 3.63) is 0 Å². The number of nitrogens with one attached hydrogen (secondary N) is 3. The molecule has 1 atom stereocenters. The molecule has 0 radical (unpaired) electrons. The summed E-state index contributed by atoms with van der Waals surface area (Å²) in [6, 6.07) is -0.432. The standard InChI is InChI=1S/C12H23N3O2/c1-9(13)7-5-4-6-8-11(12(17)14-3)15-10(2)16/h11,13H,4-8H2,1-3H3,(H,14,17)(H,15,16)/t11-/m0/s1. The van der Waals surface area contributed by atoms with Gasteiger partial charge >= 0.3 is 0 Å². The first-order chi connectivity index (χ1) is 7.97. The monoisotopic (exact) mass is 241 g/mol.